The summed E-state index contributed by atoms with van der Waals surface area (Å²) in [6.07, 6.45) is 6.60. The topological polar surface area (TPSA) is 58.5 Å². The van der Waals surface area contributed by atoms with E-state index in [9.17, 15) is 0 Å². The van der Waals surface area contributed by atoms with Crippen molar-refractivity contribution in [3.63, 3.8) is 0 Å². The Bertz CT molecular complexity index is 543. The van der Waals surface area contributed by atoms with Gasteiger partial charge in [-0.2, -0.15) is 0 Å². The van der Waals surface area contributed by atoms with Crippen LogP contribution >= 0.6 is 0 Å². The third-order valence-electron chi connectivity index (χ3n) is 2.89. The van der Waals surface area contributed by atoms with Gasteiger partial charge < -0.3 is 9.84 Å². The average molecular weight is 285 g/mol. The molecule has 0 amide bonds. The number of nitrogens with zero attached hydrogens (tertiary/aromatic N) is 3. The molecule has 5 heteroatoms. The zero-order valence-electron chi connectivity index (χ0n) is 11.9. The van der Waals surface area contributed by atoms with Gasteiger partial charge in [0.15, 0.2) is 0 Å². The number of hydrogen-bond donors (Lipinski definition) is 1. The highest BCUT2D eigenvalue weighted by Gasteiger charge is 2.04. The smallest absolute Gasteiger partial charge is 0.237 e. The van der Waals surface area contributed by atoms with Gasteiger partial charge in [-0.05, 0) is 17.7 Å². The molecule has 0 aliphatic heterocycles. The summed E-state index contributed by atoms with van der Waals surface area (Å²) in [5.41, 5.74) is 1.15. The molecule has 5 nitrogen and oxygen atoms in total. The van der Waals surface area contributed by atoms with Crippen LogP contribution in [0.2, 0.25) is 0 Å². The Morgan fingerprint density at radius 1 is 1.24 bits per heavy atom. The molecule has 0 aliphatic rings. The second-order valence-corrected chi connectivity index (χ2v) is 4.54. The fourth-order valence-electron chi connectivity index (χ4n) is 1.94. The van der Waals surface area contributed by atoms with Gasteiger partial charge in [-0.25, -0.2) is 4.98 Å². The Labute approximate surface area is 124 Å². The first-order valence-corrected chi connectivity index (χ1v) is 6.78. The van der Waals surface area contributed by atoms with Crippen molar-refractivity contribution in [3.05, 3.63) is 61.1 Å². The van der Waals surface area contributed by atoms with Crippen LogP contribution in [0.5, 0.6) is 11.6 Å². The number of aromatic nitrogens is 2. The summed E-state index contributed by atoms with van der Waals surface area (Å²) in [5.74, 6) is 1.19. The number of aliphatic hydroxyl groups is 1. The van der Waals surface area contributed by atoms with Crippen molar-refractivity contribution >= 4 is 0 Å². The molecule has 1 aromatic heterocycles. The Morgan fingerprint density at radius 2 is 2.05 bits per heavy atom. The van der Waals surface area contributed by atoms with Gasteiger partial charge in [0.05, 0.1) is 12.8 Å². The van der Waals surface area contributed by atoms with E-state index in [-0.39, 0.29) is 6.61 Å². The highest BCUT2D eigenvalue weighted by atomic mass is 16.5. The van der Waals surface area contributed by atoms with Crippen LogP contribution in [0.4, 0.5) is 0 Å². The predicted molar refractivity (Wildman–Crippen MR) is 81.1 cm³/mol. The van der Waals surface area contributed by atoms with E-state index in [4.69, 9.17) is 9.84 Å². The Morgan fingerprint density at radius 3 is 2.67 bits per heavy atom. The second kappa shape index (κ2) is 8.14. The Kier molecular flexibility index (Phi) is 5.87. The molecule has 2 aromatic rings. The fraction of sp³-hybridized carbons (Fsp3) is 0.250. The first-order valence-electron chi connectivity index (χ1n) is 6.78. The first kappa shape index (κ1) is 15.2. The van der Waals surface area contributed by atoms with Gasteiger partial charge in [0.2, 0.25) is 5.88 Å². The third kappa shape index (κ3) is 4.98. The predicted octanol–water partition coefficient (Wildman–Crippen LogP) is 2.25. The summed E-state index contributed by atoms with van der Waals surface area (Å²) in [6.45, 7) is 6.01. The van der Waals surface area contributed by atoms with Crippen molar-refractivity contribution < 1.29 is 9.84 Å². The first-order chi connectivity index (χ1) is 10.3. The lowest BCUT2D eigenvalue weighted by Gasteiger charge is -2.19. The molecule has 21 heavy (non-hydrogen) atoms. The molecular weight excluding hydrogens is 266 g/mol. The van der Waals surface area contributed by atoms with Crippen molar-refractivity contribution in [1.29, 1.82) is 0 Å². The number of aliphatic hydroxyl groups excluding tert-OH is 1. The van der Waals surface area contributed by atoms with E-state index >= 15 is 0 Å². The summed E-state index contributed by atoms with van der Waals surface area (Å²) < 4.78 is 5.59. The van der Waals surface area contributed by atoms with Gasteiger partial charge in [0.25, 0.3) is 0 Å². The molecule has 0 aliphatic carbocycles. The van der Waals surface area contributed by atoms with Gasteiger partial charge in [0.1, 0.15) is 5.75 Å². The molecule has 2 rings (SSSR count). The normalized spacial score (nSPS) is 10.6. The van der Waals surface area contributed by atoms with Crippen molar-refractivity contribution in [2.45, 2.75) is 6.54 Å². The number of benzene rings is 1. The zero-order chi connectivity index (χ0) is 14.9. The zero-order valence-corrected chi connectivity index (χ0v) is 11.9. The molecule has 1 heterocycles. The van der Waals surface area contributed by atoms with Crippen LogP contribution < -0.4 is 4.74 Å². The molecule has 0 saturated heterocycles. The molecule has 0 bridgehead atoms. The molecule has 0 atom stereocenters. The Balaban J connectivity index is 1.96. The van der Waals surface area contributed by atoms with Crippen LogP contribution in [0.25, 0.3) is 0 Å². The van der Waals surface area contributed by atoms with Crippen LogP contribution in [-0.2, 0) is 6.54 Å². The number of hydrogen-bond acceptors (Lipinski definition) is 5. The summed E-state index contributed by atoms with van der Waals surface area (Å²) >= 11 is 0. The monoisotopic (exact) mass is 285 g/mol. The summed E-state index contributed by atoms with van der Waals surface area (Å²) in [6, 6.07) is 7.79. The molecule has 0 unspecified atom stereocenters. The van der Waals surface area contributed by atoms with Gasteiger partial charge in [-0.1, -0.05) is 18.2 Å². The summed E-state index contributed by atoms with van der Waals surface area (Å²) in [7, 11) is 0. The quantitative estimate of drug-likeness (QED) is 0.754. The minimum Gasteiger partial charge on any atom is -0.438 e. The SMILES string of the molecule is C=CCN(CCO)Cc1ccc(Oc2cnccn2)cc1. The van der Waals surface area contributed by atoms with Gasteiger partial charge >= 0.3 is 0 Å². The number of ether oxygens (including phenoxy) is 1. The fourth-order valence-corrected chi connectivity index (χ4v) is 1.94. The van der Waals surface area contributed by atoms with Gasteiger partial charge in [-0.3, -0.25) is 9.88 Å². The van der Waals surface area contributed by atoms with Gasteiger partial charge in [-0.15, -0.1) is 6.58 Å². The lowest BCUT2D eigenvalue weighted by atomic mass is 10.2. The summed E-state index contributed by atoms with van der Waals surface area (Å²) in [5, 5.41) is 9.04. The van der Waals surface area contributed by atoms with E-state index in [1.54, 1.807) is 18.6 Å². The van der Waals surface area contributed by atoms with Crippen LogP contribution in [0.3, 0.4) is 0 Å². The molecule has 0 fully saturated rings. The molecular formula is C16H19N3O2. The summed E-state index contributed by atoms with van der Waals surface area (Å²) in [4.78, 5) is 10.1. The largest absolute Gasteiger partial charge is 0.438 e. The second-order valence-electron chi connectivity index (χ2n) is 4.54. The van der Waals surface area contributed by atoms with Crippen LogP contribution in [0, 0.1) is 0 Å². The van der Waals surface area contributed by atoms with E-state index in [2.05, 4.69) is 21.4 Å². The maximum Gasteiger partial charge on any atom is 0.237 e. The molecule has 0 radical (unpaired) electrons. The van der Waals surface area contributed by atoms with E-state index in [0.29, 0.717) is 12.4 Å². The van der Waals surface area contributed by atoms with Crippen LogP contribution in [-0.4, -0.2) is 39.7 Å². The highest BCUT2D eigenvalue weighted by Crippen LogP contribution is 2.19. The molecule has 110 valence electrons. The van der Waals surface area contributed by atoms with Crippen molar-refractivity contribution in [2.75, 3.05) is 19.7 Å². The molecule has 1 aromatic carbocycles. The lowest BCUT2D eigenvalue weighted by molar-refractivity contribution is 0.203. The van der Waals surface area contributed by atoms with E-state index in [1.807, 2.05) is 30.3 Å². The van der Waals surface area contributed by atoms with Crippen molar-refractivity contribution in [2.24, 2.45) is 0 Å². The maximum atomic E-state index is 9.04. The van der Waals surface area contributed by atoms with Crippen LogP contribution in [0.15, 0.2) is 55.5 Å². The highest BCUT2D eigenvalue weighted by molar-refractivity contribution is 5.29. The standard InChI is InChI=1S/C16H19N3O2/c1-2-9-19(10-11-20)13-14-3-5-15(6-4-14)21-16-12-17-7-8-18-16/h2-8,12,20H,1,9-11,13H2. The van der Waals surface area contributed by atoms with E-state index < -0.39 is 0 Å². The van der Waals surface area contributed by atoms with Crippen molar-refractivity contribution in [1.82, 2.24) is 14.9 Å². The molecule has 1 N–H and O–H groups in total. The maximum absolute atomic E-state index is 9.04. The van der Waals surface area contributed by atoms with Crippen LogP contribution in [0.1, 0.15) is 5.56 Å². The van der Waals surface area contributed by atoms with Crippen molar-refractivity contribution in [3.8, 4) is 11.6 Å². The third-order valence-corrected chi connectivity index (χ3v) is 2.89. The van der Waals surface area contributed by atoms with Gasteiger partial charge in [0, 0.05) is 32.0 Å². The average Bonchev–Trinajstić information content (AvgIpc) is 2.51. The Hall–Kier alpha value is -2.24. The van der Waals surface area contributed by atoms with E-state index in [0.717, 1.165) is 24.4 Å². The molecule has 0 spiro atoms. The number of rotatable bonds is 8. The lowest BCUT2D eigenvalue weighted by Crippen LogP contribution is -2.26. The van der Waals surface area contributed by atoms with E-state index in [1.165, 1.54) is 0 Å². The minimum atomic E-state index is 0.141. The molecule has 0 saturated carbocycles. The minimum absolute atomic E-state index is 0.141.